The van der Waals surface area contributed by atoms with Gasteiger partial charge in [0.2, 0.25) is 0 Å². The third-order valence-corrected chi connectivity index (χ3v) is 3.70. The SMILES string of the molecule is CB(O)N1CCc2c(NC(=O)Oc3ccccc3)cccc21. The predicted molar refractivity (Wildman–Crippen MR) is 87.4 cm³/mol. The van der Waals surface area contributed by atoms with Gasteiger partial charge in [-0.1, -0.05) is 24.3 Å². The molecule has 0 saturated carbocycles. The van der Waals surface area contributed by atoms with Gasteiger partial charge in [0.1, 0.15) is 5.75 Å². The number of para-hydroxylation sites is 1. The zero-order valence-electron chi connectivity index (χ0n) is 12.3. The van der Waals surface area contributed by atoms with Gasteiger partial charge >= 0.3 is 13.1 Å². The Morgan fingerprint density at radius 3 is 2.73 bits per heavy atom. The summed E-state index contributed by atoms with van der Waals surface area (Å²) in [6, 6.07) is 14.6. The largest absolute Gasteiger partial charge is 0.432 e. The van der Waals surface area contributed by atoms with Gasteiger partial charge < -0.3 is 14.6 Å². The third-order valence-electron chi connectivity index (χ3n) is 3.70. The molecule has 3 rings (SSSR count). The molecule has 0 aromatic heterocycles. The molecule has 0 radical (unpaired) electrons. The Morgan fingerprint density at radius 2 is 2.00 bits per heavy atom. The summed E-state index contributed by atoms with van der Waals surface area (Å²) in [7, 11) is -0.548. The molecule has 0 unspecified atom stereocenters. The van der Waals surface area contributed by atoms with Gasteiger partial charge in [0.25, 0.3) is 0 Å². The first-order valence-electron chi connectivity index (χ1n) is 7.25. The van der Waals surface area contributed by atoms with Crippen molar-refractivity contribution < 1.29 is 14.6 Å². The van der Waals surface area contributed by atoms with Crippen LogP contribution in [-0.4, -0.2) is 24.7 Å². The minimum atomic E-state index is -0.548. The standard InChI is InChI=1S/C16H17BN2O3/c1-17(21)19-11-10-13-14(8-5-9-15(13)19)18-16(20)22-12-6-3-2-4-7-12/h2-9,21H,10-11H2,1H3,(H,18,20). The number of fused-ring (bicyclic) bond motifs is 1. The molecule has 0 saturated heterocycles. The Balaban J connectivity index is 1.75. The summed E-state index contributed by atoms with van der Waals surface area (Å²) in [4.78, 5) is 13.9. The van der Waals surface area contributed by atoms with E-state index < -0.39 is 13.1 Å². The second-order valence-corrected chi connectivity index (χ2v) is 5.21. The van der Waals surface area contributed by atoms with Crippen molar-refractivity contribution in [3.8, 4) is 5.75 Å². The van der Waals surface area contributed by atoms with Crippen LogP contribution in [0.5, 0.6) is 5.75 Å². The molecule has 1 amide bonds. The summed E-state index contributed by atoms with van der Waals surface area (Å²) >= 11 is 0. The van der Waals surface area contributed by atoms with Crippen LogP contribution in [0.3, 0.4) is 0 Å². The number of carbonyl (C=O) groups is 1. The Kier molecular flexibility index (Phi) is 4.02. The number of rotatable bonds is 3. The minimum Gasteiger partial charge on any atom is -0.432 e. The molecule has 1 aliphatic rings. The highest BCUT2D eigenvalue weighted by Crippen LogP contribution is 2.34. The topological polar surface area (TPSA) is 61.8 Å². The predicted octanol–water partition coefficient (Wildman–Crippen LogP) is 2.77. The Hall–Kier alpha value is -2.47. The average Bonchev–Trinajstić information content (AvgIpc) is 2.93. The number of hydrogen-bond donors (Lipinski definition) is 2. The lowest BCUT2D eigenvalue weighted by Crippen LogP contribution is -2.35. The minimum absolute atomic E-state index is 0.498. The van der Waals surface area contributed by atoms with E-state index in [1.54, 1.807) is 19.0 Å². The van der Waals surface area contributed by atoms with Crippen molar-refractivity contribution in [3.63, 3.8) is 0 Å². The fourth-order valence-corrected chi connectivity index (χ4v) is 2.70. The van der Waals surface area contributed by atoms with Crippen LogP contribution in [0.2, 0.25) is 6.82 Å². The molecular formula is C16H17BN2O3. The first-order chi connectivity index (χ1) is 10.6. The van der Waals surface area contributed by atoms with E-state index in [4.69, 9.17) is 4.74 Å². The molecular weight excluding hydrogens is 279 g/mol. The smallest absolute Gasteiger partial charge is 0.417 e. The van der Waals surface area contributed by atoms with Crippen molar-refractivity contribution in [1.29, 1.82) is 0 Å². The van der Waals surface area contributed by atoms with E-state index in [-0.39, 0.29) is 0 Å². The van der Waals surface area contributed by atoms with Crippen LogP contribution in [0.4, 0.5) is 16.2 Å². The molecule has 0 spiro atoms. The number of nitrogens with zero attached hydrogens (tertiary/aromatic N) is 1. The quantitative estimate of drug-likeness (QED) is 0.855. The maximum absolute atomic E-state index is 12.0. The van der Waals surface area contributed by atoms with E-state index in [2.05, 4.69) is 5.32 Å². The first kappa shape index (κ1) is 14.5. The van der Waals surface area contributed by atoms with Gasteiger partial charge in [-0.2, -0.15) is 0 Å². The number of carbonyl (C=O) groups excluding carboxylic acids is 1. The molecule has 2 N–H and O–H groups in total. The summed E-state index contributed by atoms with van der Waals surface area (Å²) in [6.45, 7) is 2.47. The lowest BCUT2D eigenvalue weighted by molar-refractivity contribution is 0.215. The lowest BCUT2D eigenvalue weighted by atomic mass is 9.85. The average molecular weight is 296 g/mol. The molecule has 6 heteroatoms. The fourth-order valence-electron chi connectivity index (χ4n) is 2.70. The molecule has 22 heavy (non-hydrogen) atoms. The molecule has 0 bridgehead atoms. The van der Waals surface area contributed by atoms with Crippen molar-refractivity contribution in [3.05, 3.63) is 54.1 Å². The monoisotopic (exact) mass is 296 g/mol. The molecule has 2 aromatic rings. The molecule has 112 valence electrons. The molecule has 0 aliphatic carbocycles. The van der Waals surface area contributed by atoms with Crippen molar-refractivity contribution >= 4 is 24.5 Å². The van der Waals surface area contributed by atoms with Crippen LogP contribution in [0.15, 0.2) is 48.5 Å². The van der Waals surface area contributed by atoms with Gasteiger partial charge in [0.05, 0.1) is 0 Å². The summed E-state index contributed by atoms with van der Waals surface area (Å²) in [5.41, 5.74) is 2.70. The third kappa shape index (κ3) is 2.92. The van der Waals surface area contributed by atoms with Crippen LogP contribution in [0.25, 0.3) is 0 Å². The van der Waals surface area contributed by atoms with Crippen molar-refractivity contribution in [2.45, 2.75) is 13.2 Å². The maximum atomic E-state index is 12.0. The van der Waals surface area contributed by atoms with Gasteiger partial charge in [-0.3, -0.25) is 5.32 Å². The highest BCUT2D eigenvalue weighted by atomic mass is 16.6. The van der Waals surface area contributed by atoms with E-state index in [0.29, 0.717) is 5.75 Å². The van der Waals surface area contributed by atoms with Crippen LogP contribution in [-0.2, 0) is 6.42 Å². The lowest BCUT2D eigenvalue weighted by Gasteiger charge is -2.20. The fraction of sp³-hybridized carbons (Fsp3) is 0.188. The van der Waals surface area contributed by atoms with Crippen LogP contribution in [0, 0.1) is 0 Å². The number of hydrogen-bond acceptors (Lipinski definition) is 4. The highest BCUT2D eigenvalue weighted by Gasteiger charge is 2.27. The molecule has 0 atom stereocenters. The van der Waals surface area contributed by atoms with Crippen molar-refractivity contribution in [2.75, 3.05) is 16.7 Å². The highest BCUT2D eigenvalue weighted by molar-refractivity contribution is 6.54. The van der Waals surface area contributed by atoms with E-state index in [1.165, 1.54) is 0 Å². The van der Waals surface area contributed by atoms with Gasteiger partial charge in [-0.15, -0.1) is 0 Å². The Morgan fingerprint density at radius 1 is 1.23 bits per heavy atom. The first-order valence-corrected chi connectivity index (χ1v) is 7.25. The molecule has 5 nitrogen and oxygen atoms in total. The summed E-state index contributed by atoms with van der Waals surface area (Å²) < 4.78 is 5.24. The number of benzene rings is 2. The summed E-state index contributed by atoms with van der Waals surface area (Å²) in [5.74, 6) is 0.498. The summed E-state index contributed by atoms with van der Waals surface area (Å²) in [5, 5.41) is 12.6. The second-order valence-electron chi connectivity index (χ2n) is 5.21. The molecule has 1 aliphatic heterocycles. The van der Waals surface area contributed by atoms with Crippen LogP contribution in [0.1, 0.15) is 5.56 Å². The normalized spacial score (nSPS) is 12.7. The number of ether oxygens (including phenoxy) is 1. The Bertz CT molecular complexity index is 676. The van der Waals surface area contributed by atoms with E-state index >= 15 is 0 Å². The van der Waals surface area contributed by atoms with Gasteiger partial charge in [0, 0.05) is 17.9 Å². The van der Waals surface area contributed by atoms with Gasteiger partial charge in [-0.25, -0.2) is 4.79 Å². The van der Waals surface area contributed by atoms with E-state index in [0.717, 1.165) is 29.9 Å². The number of anilines is 2. The maximum Gasteiger partial charge on any atom is 0.417 e. The molecule has 0 fully saturated rings. The van der Waals surface area contributed by atoms with Crippen LogP contribution < -0.4 is 14.9 Å². The summed E-state index contributed by atoms with van der Waals surface area (Å²) in [6.07, 6.45) is 0.261. The Labute approximate surface area is 129 Å². The number of amides is 1. The zero-order valence-corrected chi connectivity index (χ0v) is 12.3. The van der Waals surface area contributed by atoms with E-state index in [1.807, 2.05) is 41.2 Å². The van der Waals surface area contributed by atoms with Crippen molar-refractivity contribution in [2.24, 2.45) is 0 Å². The second kappa shape index (κ2) is 6.11. The van der Waals surface area contributed by atoms with Gasteiger partial charge in [0.15, 0.2) is 0 Å². The number of nitrogens with one attached hydrogen (secondary N) is 1. The van der Waals surface area contributed by atoms with Gasteiger partial charge in [-0.05, 0) is 43.1 Å². The molecule has 2 aromatic carbocycles. The zero-order chi connectivity index (χ0) is 15.5. The van der Waals surface area contributed by atoms with Crippen molar-refractivity contribution in [1.82, 2.24) is 0 Å². The molecule has 1 heterocycles. The van der Waals surface area contributed by atoms with E-state index in [9.17, 15) is 9.82 Å². The van der Waals surface area contributed by atoms with Crippen LogP contribution >= 0.6 is 0 Å².